The third-order valence-corrected chi connectivity index (χ3v) is 4.66. The van der Waals surface area contributed by atoms with Gasteiger partial charge in [-0.25, -0.2) is 4.79 Å². The second-order valence-corrected chi connectivity index (χ2v) is 6.69. The zero-order valence-corrected chi connectivity index (χ0v) is 16.0. The molecule has 2 aromatic rings. The Labute approximate surface area is 166 Å². The van der Waals surface area contributed by atoms with E-state index in [1.807, 2.05) is 0 Å². The minimum absolute atomic E-state index is 0.230. The lowest BCUT2D eigenvalue weighted by molar-refractivity contribution is 0.184. The molecule has 1 atom stereocenters. The summed E-state index contributed by atoms with van der Waals surface area (Å²) in [4.78, 5) is 12.1. The maximum Gasteiger partial charge on any atom is 0.342 e. The summed E-state index contributed by atoms with van der Waals surface area (Å²) in [6.07, 6.45) is 1.59. The van der Waals surface area contributed by atoms with Crippen molar-refractivity contribution in [3.8, 4) is 6.07 Å². The van der Waals surface area contributed by atoms with E-state index in [2.05, 4.69) is 16.5 Å². The SMILES string of the molecule is COCc1cc(N2N=CCNC2=O)cc(Cl)c1C(C#N)c1ccc(Cl)cc1. The van der Waals surface area contributed by atoms with Crippen LogP contribution in [0.15, 0.2) is 41.5 Å². The summed E-state index contributed by atoms with van der Waals surface area (Å²) in [5, 5.41) is 18.7. The van der Waals surface area contributed by atoms with Gasteiger partial charge in [0.25, 0.3) is 0 Å². The number of nitriles is 1. The van der Waals surface area contributed by atoms with E-state index >= 15 is 0 Å². The average Bonchev–Trinajstić information content (AvgIpc) is 2.66. The van der Waals surface area contributed by atoms with Gasteiger partial charge in [-0.05, 0) is 41.0 Å². The van der Waals surface area contributed by atoms with Crippen LogP contribution < -0.4 is 10.3 Å². The highest BCUT2D eigenvalue weighted by molar-refractivity contribution is 6.32. The number of ether oxygens (including phenoxy) is 1. The van der Waals surface area contributed by atoms with Gasteiger partial charge in [0.1, 0.15) is 0 Å². The quantitative estimate of drug-likeness (QED) is 0.808. The van der Waals surface area contributed by atoms with Crippen LogP contribution in [0.4, 0.5) is 10.5 Å². The van der Waals surface area contributed by atoms with E-state index in [4.69, 9.17) is 27.9 Å². The van der Waals surface area contributed by atoms with Crippen LogP contribution in [0.1, 0.15) is 22.6 Å². The maximum absolute atomic E-state index is 12.1. The molecule has 0 saturated heterocycles. The Morgan fingerprint density at radius 1 is 1.33 bits per heavy atom. The maximum atomic E-state index is 12.1. The number of nitrogens with one attached hydrogen (secondary N) is 1. The Morgan fingerprint density at radius 3 is 2.70 bits per heavy atom. The molecular weight excluding hydrogens is 387 g/mol. The predicted octanol–water partition coefficient (Wildman–Crippen LogP) is 4.31. The van der Waals surface area contributed by atoms with E-state index in [-0.39, 0.29) is 12.6 Å². The summed E-state index contributed by atoms with van der Waals surface area (Å²) in [6, 6.07) is 12.4. The molecule has 1 N–H and O–H groups in total. The fraction of sp³-hybridized carbons (Fsp3) is 0.211. The number of amides is 2. The van der Waals surface area contributed by atoms with Gasteiger partial charge in [-0.1, -0.05) is 35.3 Å². The third kappa shape index (κ3) is 4.06. The topological polar surface area (TPSA) is 77.7 Å². The zero-order chi connectivity index (χ0) is 19.4. The highest BCUT2D eigenvalue weighted by Gasteiger charge is 2.25. The number of urea groups is 1. The number of nitrogens with zero attached hydrogens (tertiary/aromatic N) is 3. The molecule has 0 bridgehead atoms. The Morgan fingerprint density at radius 2 is 2.07 bits per heavy atom. The molecule has 2 aromatic carbocycles. The van der Waals surface area contributed by atoms with Crippen molar-refractivity contribution in [2.45, 2.75) is 12.5 Å². The molecule has 3 rings (SSSR count). The van der Waals surface area contributed by atoms with E-state index in [1.165, 1.54) is 5.01 Å². The molecule has 0 spiro atoms. The first-order valence-electron chi connectivity index (χ1n) is 8.12. The largest absolute Gasteiger partial charge is 0.380 e. The molecule has 1 aliphatic rings. The van der Waals surface area contributed by atoms with Gasteiger partial charge in [-0.2, -0.15) is 15.4 Å². The van der Waals surface area contributed by atoms with E-state index in [9.17, 15) is 10.1 Å². The first-order valence-corrected chi connectivity index (χ1v) is 8.87. The molecule has 6 nitrogen and oxygen atoms in total. The lowest BCUT2D eigenvalue weighted by Gasteiger charge is -2.24. The van der Waals surface area contributed by atoms with E-state index < -0.39 is 5.92 Å². The van der Waals surface area contributed by atoms with Gasteiger partial charge in [0, 0.05) is 23.4 Å². The molecule has 0 aromatic heterocycles. The lowest BCUT2D eigenvalue weighted by Crippen LogP contribution is -2.41. The average molecular weight is 403 g/mol. The minimum atomic E-state index is -0.604. The van der Waals surface area contributed by atoms with Crippen LogP contribution in [0, 0.1) is 11.3 Å². The third-order valence-electron chi connectivity index (χ3n) is 4.10. The molecule has 0 radical (unpaired) electrons. The first kappa shape index (κ1) is 19.2. The Balaban J connectivity index is 2.10. The van der Waals surface area contributed by atoms with Crippen LogP contribution in [0.5, 0.6) is 0 Å². The Hall–Kier alpha value is -2.59. The number of carbonyl (C=O) groups is 1. The molecule has 1 unspecified atom stereocenters. The van der Waals surface area contributed by atoms with Crippen LogP contribution in [-0.4, -0.2) is 25.9 Å². The number of hydrogen-bond acceptors (Lipinski definition) is 4. The Kier molecular flexibility index (Phi) is 5.97. The Bertz CT molecular complexity index is 923. The number of carbonyl (C=O) groups excluding carboxylic acids is 1. The second-order valence-electron chi connectivity index (χ2n) is 5.84. The van der Waals surface area contributed by atoms with Crippen molar-refractivity contribution < 1.29 is 9.53 Å². The van der Waals surface area contributed by atoms with Crippen LogP contribution in [0.2, 0.25) is 10.0 Å². The van der Waals surface area contributed by atoms with Crippen molar-refractivity contribution in [2.24, 2.45) is 5.10 Å². The molecule has 0 aliphatic carbocycles. The molecule has 2 amide bonds. The number of rotatable bonds is 5. The van der Waals surface area contributed by atoms with Gasteiger partial charge in [0.05, 0.1) is 30.8 Å². The fourth-order valence-corrected chi connectivity index (χ4v) is 3.38. The number of benzene rings is 2. The molecular formula is C19H16Cl2N4O2. The molecule has 138 valence electrons. The van der Waals surface area contributed by atoms with Gasteiger partial charge in [0.15, 0.2) is 0 Å². The van der Waals surface area contributed by atoms with Gasteiger partial charge in [-0.3, -0.25) is 0 Å². The summed E-state index contributed by atoms with van der Waals surface area (Å²) in [7, 11) is 1.56. The number of methoxy groups -OCH3 is 1. The van der Waals surface area contributed by atoms with Crippen LogP contribution in [0.3, 0.4) is 0 Å². The number of hydrazone groups is 1. The van der Waals surface area contributed by atoms with Gasteiger partial charge in [-0.15, -0.1) is 0 Å². The standard InChI is InChI=1S/C19H16Cl2N4O2/c1-27-11-13-8-15(25-19(26)23-6-7-24-25)9-17(21)18(13)16(10-22)12-2-4-14(20)5-3-12/h2-5,7-9,16H,6,11H2,1H3,(H,23,26). The van der Waals surface area contributed by atoms with E-state index in [0.717, 1.165) is 5.56 Å². The van der Waals surface area contributed by atoms with Crippen LogP contribution >= 0.6 is 23.2 Å². The van der Waals surface area contributed by atoms with Crippen LogP contribution in [-0.2, 0) is 11.3 Å². The summed E-state index contributed by atoms with van der Waals surface area (Å²) in [5.41, 5.74) is 2.60. The van der Waals surface area contributed by atoms with Gasteiger partial charge < -0.3 is 10.1 Å². The monoisotopic (exact) mass is 402 g/mol. The normalized spacial score (nSPS) is 14.6. The smallest absolute Gasteiger partial charge is 0.342 e. The summed E-state index contributed by atoms with van der Waals surface area (Å²) in [5.74, 6) is -0.604. The van der Waals surface area contributed by atoms with Crippen LogP contribution in [0.25, 0.3) is 0 Å². The summed E-state index contributed by atoms with van der Waals surface area (Å²) < 4.78 is 5.30. The zero-order valence-electron chi connectivity index (χ0n) is 14.4. The van der Waals surface area contributed by atoms with Crippen molar-refractivity contribution in [3.05, 3.63) is 63.1 Å². The van der Waals surface area contributed by atoms with Gasteiger partial charge >= 0.3 is 6.03 Å². The van der Waals surface area contributed by atoms with Crippen molar-refractivity contribution in [1.82, 2.24) is 5.32 Å². The molecule has 8 heteroatoms. The molecule has 1 heterocycles. The highest BCUT2D eigenvalue weighted by atomic mass is 35.5. The fourth-order valence-electron chi connectivity index (χ4n) is 2.91. The predicted molar refractivity (Wildman–Crippen MR) is 105 cm³/mol. The van der Waals surface area contributed by atoms with E-state index in [1.54, 1.807) is 49.7 Å². The molecule has 1 aliphatic heterocycles. The molecule has 27 heavy (non-hydrogen) atoms. The number of anilines is 1. The minimum Gasteiger partial charge on any atom is -0.380 e. The number of halogens is 2. The van der Waals surface area contributed by atoms with Crippen molar-refractivity contribution in [2.75, 3.05) is 18.7 Å². The van der Waals surface area contributed by atoms with Crippen molar-refractivity contribution in [1.29, 1.82) is 5.26 Å². The lowest BCUT2D eigenvalue weighted by atomic mass is 9.89. The number of hydrogen-bond donors (Lipinski definition) is 1. The molecule has 0 saturated carbocycles. The second kappa shape index (κ2) is 8.40. The highest BCUT2D eigenvalue weighted by Crippen LogP contribution is 2.37. The van der Waals surface area contributed by atoms with Gasteiger partial charge in [0.2, 0.25) is 0 Å². The summed E-state index contributed by atoms with van der Waals surface area (Å²) in [6.45, 7) is 0.604. The molecule has 0 fully saturated rings. The first-order chi connectivity index (χ1) is 13.0. The van der Waals surface area contributed by atoms with E-state index in [0.29, 0.717) is 33.4 Å². The van der Waals surface area contributed by atoms with Crippen molar-refractivity contribution in [3.63, 3.8) is 0 Å². The summed E-state index contributed by atoms with van der Waals surface area (Å²) >= 11 is 12.5. The van der Waals surface area contributed by atoms with Crippen molar-refractivity contribution >= 4 is 41.1 Å².